The molecule has 0 aliphatic carbocycles. The van der Waals surface area contributed by atoms with Gasteiger partial charge in [0.2, 0.25) is 0 Å². The zero-order chi connectivity index (χ0) is 14.5. The van der Waals surface area contributed by atoms with Gasteiger partial charge in [-0.2, -0.15) is 5.26 Å². The monoisotopic (exact) mass is 269 g/mol. The zero-order valence-corrected chi connectivity index (χ0v) is 11.6. The number of para-hydroxylation sites is 1. The molecule has 0 aromatic heterocycles. The quantitative estimate of drug-likeness (QED) is 0.782. The van der Waals surface area contributed by atoms with Gasteiger partial charge in [-0.05, 0) is 42.2 Å². The third-order valence-corrected chi connectivity index (χ3v) is 3.34. The van der Waals surface area contributed by atoms with Gasteiger partial charge in [0.25, 0.3) is 0 Å². The van der Waals surface area contributed by atoms with Crippen molar-refractivity contribution in [3.05, 3.63) is 59.4 Å². The lowest BCUT2D eigenvalue weighted by atomic mass is 9.98. The number of hydrogen-bond acceptors (Lipinski definition) is 2. The van der Waals surface area contributed by atoms with Crippen molar-refractivity contribution in [3.8, 4) is 17.6 Å². The maximum absolute atomic E-state index is 13.9. The summed E-state index contributed by atoms with van der Waals surface area (Å²) < 4.78 is 19.5. The van der Waals surface area contributed by atoms with Crippen LogP contribution < -0.4 is 4.74 Å². The highest BCUT2D eigenvalue weighted by atomic mass is 19.1. The molecular weight excluding hydrogens is 253 g/mol. The van der Waals surface area contributed by atoms with E-state index in [4.69, 9.17) is 10.00 Å². The van der Waals surface area contributed by atoms with Gasteiger partial charge in [0, 0.05) is 0 Å². The second-order valence-corrected chi connectivity index (χ2v) is 4.71. The van der Waals surface area contributed by atoms with Crippen LogP contribution in [0.15, 0.2) is 42.5 Å². The predicted octanol–water partition coefficient (Wildman–Crippen LogP) is 5.00. The lowest BCUT2D eigenvalue weighted by molar-refractivity contribution is 0.434. The first-order chi connectivity index (χ1) is 9.65. The molecular formula is C17H16FNO. The van der Waals surface area contributed by atoms with Gasteiger partial charge in [-0.15, -0.1) is 0 Å². The van der Waals surface area contributed by atoms with E-state index in [2.05, 4.69) is 13.8 Å². The Kier molecular flexibility index (Phi) is 4.37. The second kappa shape index (κ2) is 6.21. The Morgan fingerprint density at radius 3 is 2.60 bits per heavy atom. The highest BCUT2D eigenvalue weighted by molar-refractivity contribution is 5.42. The number of hydrogen-bond donors (Lipinski definition) is 0. The van der Waals surface area contributed by atoms with E-state index < -0.39 is 5.82 Å². The highest BCUT2D eigenvalue weighted by Crippen LogP contribution is 2.33. The van der Waals surface area contributed by atoms with Gasteiger partial charge in [0.1, 0.15) is 5.75 Å². The van der Waals surface area contributed by atoms with Gasteiger partial charge >= 0.3 is 0 Å². The Hall–Kier alpha value is -2.34. The second-order valence-electron chi connectivity index (χ2n) is 4.71. The largest absolute Gasteiger partial charge is 0.454 e. The molecule has 20 heavy (non-hydrogen) atoms. The van der Waals surface area contributed by atoms with Crippen molar-refractivity contribution in [2.75, 3.05) is 0 Å². The lowest BCUT2D eigenvalue weighted by Crippen LogP contribution is -1.97. The summed E-state index contributed by atoms with van der Waals surface area (Å²) in [6.07, 6.45) is 0.982. The molecule has 2 aromatic rings. The third kappa shape index (κ3) is 2.97. The molecule has 0 aliphatic heterocycles. The van der Waals surface area contributed by atoms with Crippen molar-refractivity contribution < 1.29 is 9.13 Å². The molecule has 102 valence electrons. The summed E-state index contributed by atoms with van der Waals surface area (Å²) in [4.78, 5) is 0. The molecule has 0 radical (unpaired) electrons. The van der Waals surface area contributed by atoms with E-state index in [0.29, 0.717) is 11.7 Å². The first-order valence-electron chi connectivity index (χ1n) is 6.62. The van der Waals surface area contributed by atoms with Crippen LogP contribution >= 0.6 is 0 Å². The maximum atomic E-state index is 13.9. The van der Waals surface area contributed by atoms with Crippen LogP contribution in [0.3, 0.4) is 0 Å². The molecule has 0 saturated carbocycles. The average molecular weight is 269 g/mol. The number of benzene rings is 2. The van der Waals surface area contributed by atoms with E-state index in [1.165, 1.54) is 12.1 Å². The van der Waals surface area contributed by atoms with Crippen LogP contribution in [0.2, 0.25) is 0 Å². The van der Waals surface area contributed by atoms with Crippen LogP contribution in [0.5, 0.6) is 11.5 Å². The first-order valence-corrected chi connectivity index (χ1v) is 6.62. The van der Waals surface area contributed by atoms with E-state index in [0.717, 1.165) is 12.0 Å². The number of rotatable bonds is 4. The van der Waals surface area contributed by atoms with Crippen molar-refractivity contribution in [2.45, 2.75) is 26.2 Å². The molecule has 0 saturated heterocycles. The summed E-state index contributed by atoms with van der Waals surface area (Å²) in [5, 5.41) is 8.73. The van der Waals surface area contributed by atoms with E-state index in [1.54, 1.807) is 6.07 Å². The fraction of sp³-hybridized carbons (Fsp3) is 0.235. The minimum atomic E-state index is -0.525. The summed E-state index contributed by atoms with van der Waals surface area (Å²) in [6, 6.07) is 13.8. The average Bonchev–Trinajstić information content (AvgIpc) is 2.49. The summed E-state index contributed by atoms with van der Waals surface area (Å²) >= 11 is 0. The maximum Gasteiger partial charge on any atom is 0.167 e. The van der Waals surface area contributed by atoms with Crippen molar-refractivity contribution in [1.82, 2.24) is 0 Å². The SMILES string of the molecule is CCC(C)c1ccccc1Oc1ccc(C#N)cc1F. The topological polar surface area (TPSA) is 33.0 Å². The molecule has 0 aliphatic rings. The number of nitrogens with zero attached hydrogens (tertiary/aromatic N) is 1. The number of nitriles is 1. The van der Waals surface area contributed by atoms with E-state index in [9.17, 15) is 4.39 Å². The van der Waals surface area contributed by atoms with E-state index in [-0.39, 0.29) is 11.3 Å². The van der Waals surface area contributed by atoms with Crippen LogP contribution in [0.4, 0.5) is 4.39 Å². The minimum Gasteiger partial charge on any atom is -0.454 e. The summed E-state index contributed by atoms with van der Waals surface area (Å²) in [6.45, 7) is 4.21. The standard InChI is InChI=1S/C17H16FNO/c1-3-12(2)14-6-4-5-7-16(14)20-17-9-8-13(11-19)10-15(17)18/h4-10,12H,3H2,1-2H3. The molecule has 0 spiro atoms. The fourth-order valence-corrected chi connectivity index (χ4v) is 1.97. The van der Waals surface area contributed by atoms with Gasteiger partial charge in [-0.25, -0.2) is 4.39 Å². The third-order valence-electron chi connectivity index (χ3n) is 3.34. The molecule has 0 N–H and O–H groups in total. The Balaban J connectivity index is 2.33. The zero-order valence-electron chi connectivity index (χ0n) is 11.6. The van der Waals surface area contributed by atoms with Gasteiger partial charge < -0.3 is 4.74 Å². The fourth-order valence-electron chi connectivity index (χ4n) is 1.97. The van der Waals surface area contributed by atoms with E-state index >= 15 is 0 Å². The molecule has 2 aromatic carbocycles. The highest BCUT2D eigenvalue weighted by Gasteiger charge is 2.12. The summed E-state index contributed by atoms with van der Waals surface area (Å²) in [5.41, 5.74) is 1.34. The normalized spacial score (nSPS) is 11.7. The van der Waals surface area contributed by atoms with Crippen LogP contribution in [-0.4, -0.2) is 0 Å². The Morgan fingerprint density at radius 2 is 1.95 bits per heavy atom. The number of halogens is 1. The molecule has 0 fully saturated rings. The van der Waals surface area contributed by atoms with Crippen molar-refractivity contribution in [2.24, 2.45) is 0 Å². The molecule has 0 heterocycles. The van der Waals surface area contributed by atoms with Crippen LogP contribution in [0, 0.1) is 17.1 Å². The van der Waals surface area contributed by atoms with Gasteiger partial charge in [0.05, 0.1) is 11.6 Å². The van der Waals surface area contributed by atoms with Gasteiger partial charge in [-0.3, -0.25) is 0 Å². The summed E-state index contributed by atoms with van der Waals surface area (Å²) in [5.74, 6) is 0.612. The molecule has 2 nitrogen and oxygen atoms in total. The molecule has 3 heteroatoms. The van der Waals surface area contributed by atoms with Gasteiger partial charge in [0.15, 0.2) is 11.6 Å². The van der Waals surface area contributed by atoms with Crippen LogP contribution in [-0.2, 0) is 0 Å². The van der Waals surface area contributed by atoms with E-state index in [1.807, 2.05) is 30.3 Å². The Labute approximate surface area is 118 Å². The summed E-state index contributed by atoms with van der Waals surface area (Å²) in [7, 11) is 0. The van der Waals surface area contributed by atoms with Crippen molar-refractivity contribution >= 4 is 0 Å². The smallest absolute Gasteiger partial charge is 0.167 e. The first kappa shape index (κ1) is 14.1. The molecule has 2 rings (SSSR count). The Bertz CT molecular complexity index is 646. The molecule has 1 atom stereocenters. The number of ether oxygens (including phenoxy) is 1. The van der Waals surface area contributed by atoms with Gasteiger partial charge in [-0.1, -0.05) is 32.0 Å². The lowest BCUT2D eigenvalue weighted by Gasteiger charge is -2.15. The van der Waals surface area contributed by atoms with Crippen LogP contribution in [0.25, 0.3) is 0 Å². The van der Waals surface area contributed by atoms with Crippen molar-refractivity contribution in [1.29, 1.82) is 5.26 Å². The molecule has 0 bridgehead atoms. The predicted molar refractivity (Wildman–Crippen MR) is 76.3 cm³/mol. The van der Waals surface area contributed by atoms with Crippen LogP contribution in [0.1, 0.15) is 37.3 Å². The molecule has 0 amide bonds. The molecule has 1 unspecified atom stereocenters. The minimum absolute atomic E-state index is 0.139. The Morgan fingerprint density at radius 1 is 1.20 bits per heavy atom. The van der Waals surface area contributed by atoms with Crippen molar-refractivity contribution in [3.63, 3.8) is 0 Å².